The van der Waals surface area contributed by atoms with Gasteiger partial charge in [0.25, 0.3) is 0 Å². The highest BCUT2D eigenvalue weighted by Gasteiger charge is 2.09. The highest BCUT2D eigenvalue weighted by atomic mass is 35.5. The minimum absolute atomic E-state index is 0.0230. The van der Waals surface area contributed by atoms with Gasteiger partial charge in [-0.05, 0) is 23.3 Å². The van der Waals surface area contributed by atoms with Gasteiger partial charge < -0.3 is 10.5 Å². The third-order valence-corrected chi connectivity index (χ3v) is 3.71. The van der Waals surface area contributed by atoms with Crippen LogP contribution in [0.15, 0.2) is 48.5 Å². The Morgan fingerprint density at radius 3 is 2.50 bits per heavy atom. The molecule has 0 saturated heterocycles. The molecule has 0 spiro atoms. The Balaban J connectivity index is 2.12. The normalized spacial score (nSPS) is 11.9. The number of ether oxygens (including phenoxy) is 1. The van der Waals surface area contributed by atoms with Crippen molar-refractivity contribution < 1.29 is 4.74 Å². The number of benzene rings is 2. The van der Waals surface area contributed by atoms with E-state index in [-0.39, 0.29) is 5.92 Å². The molecule has 0 fully saturated rings. The number of hydrogen-bond acceptors (Lipinski definition) is 2. The number of rotatable bonds is 5. The van der Waals surface area contributed by atoms with Gasteiger partial charge in [0.05, 0.1) is 16.6 Å². The van der Waals surface area contributed by atoms with Crippen molar-refractivity contribution >= 4 is 28.8 Å². The second-order valence-electron chi connectivity index (χ2n) is 4.63. The van der Waals surface area contributed by atoms with Crippen molar-refractivity contribution in [1.82, 2.24) is 0 Å². The monoisotopic (exact) mass is 305 g/mol. The van der Waals surface area contributed by atoms with Crippen molar-refractivity contribution in [3.63, 3.8) is 0 Å². The van der Waals surface area contributed by atoms with Crippen molar-refractivity contribution in [3.05, 3.63) is 53.6 Å². The predicted molar refractivity (Wildman–Crippen MR) is 88.3 cm³/mol. The molecule has 2 aromatic rings. The van der Waals surface area contributed by atoms with Crippen LogP contribution in [0.3, 0.4) is 0 Å². The second-order valence-corrected chi connectivity index (χ2v) is 5.50. The molecule has 20 heavy (non-hydrogen) atoms. The van der Waals surface area contributed by atoms with Crippen LogP contribution in [0.25, 0.3) is 11.1 Å². The summed E-state index contributed by atoms with van der Waals surface area (Å²) in [6.45, 7) is 2.36. The standard InChI is InChI=1S/C16H16ClNOS/c1-11(16(18)20)10-19-15-8-7-13(9-14(15)17)12-5-3-2-4-6-12/h2-9,11H,10H2,1H3,(H2,18,20). The third-order valence-electron chi connectivity index (χ3n) is 3.01. The molecular formula is C16H16ClNOS. The van der Waals surface area contributed by atoms with Crippen molar-refractivity contribution in [1.29, 1.82) is 0 Å². The molecule has 2 rings (SSSR count). The summed E-state index contributed by atoms with van der Waals surface area (Å²) in [4.78, 5) is 0.446. The van der Waals surface area contributed by atoms with Gasteiger partial charge in [-0.2, -0.15) is 0 Å². The SMILES string of the molecule is CC(COc1ccc(-c2ccccc2)cc1Cl)C(N)=S. The first-order valence-corrected chi connectivity index (χ1v) is 7.13. The van der Waals surface area contributed by atoms with Crippen LogP contribution in [-0.2, 0) is 0 Å². The van der Waals surface area contributed by atoms with E-state index in [2.05, 4.69) is 0 Å². The molecule has 0 aliphatic rings. The predicted octanol–water partition coefficient (Wildman–Crippen LogP) is 4.31. The van der Waals surface area contributed by atoms with Crippen molar-refractivity contribution in [3.8, 4) is 16.9 Å². The fourth-order valence-electron chi connectivity index (χ4n) is 1.72. The Hall–Kier alpha value is -1.58. The largest absolute Gasteiger partial charge is 0.491 e. The summed E-state index contributed by atoms with van der Waals surface area (Å²) in [5.41, 5.74) is 7.74. The van der Waals surface area contributed by atoms with E-state index in [0.717, 1.165) is 11.1 Å². The summed E-state index contributed by atoms with van der Waals surface area (Å²) in [6, 6.07) is 15.8. The number of halogens is 1. The molecule has 0 heterocycles. The van der Waals surface area contributed by atoms with Gasteiger partial charge in [-0.15, -0.1) is 0 Å². The molecular weight excluding hydrogens is 290 g/mol. The van der Waals surface area contributed by atoms with E-state index < -0.39 is 0 Å². The second kappa shape index (κ2) is 6.73. The van der Waals surface area contributed by atoms with E-state index in [0.29, 0.717) is 22.4 Å². The Kier molecular flexibility index (Phi) is 4.99. The van der Waals surface area contributed by atoms with Crippen LogP contribution in [0.1, 0.15) is 6.92 Å². The zero-order chi connectivity index (χ0) is 14.5. The lowest BCUT2D eigenvalue weighted by molar-refractivity contribution is 0.293. The van der Waals surface area contributed by atoms with Crippen LogP contribution >= 0.6 is 23.8 Å². The first kappa shape index (κ1) is 14.8. The van der Waals surface area contributed by atoms with Crippen molar-refractivity contribution in [2.24, 2.45) is 11.7 Å². The van der Waals surface area contributed by atoms with Crippen LogP contribution in [-0.4, -0.2) is 11.6 Å². The Labute approximate surface area is 129 Å². The molecule has 0 radical (unpaired) electrons. The lowest BCUT2D eigenvalue weighted by Crippen LogP contribution is -2.24. The number of hydrogen-bond donors (Lipinski definition) is 1. The highest BCUT2D eigenvalue weighted by molar-refractivity contribution is 7.80. The molecule has 2 nitrogen and oxygen atoms in total. The van der Waals surface area contributed by atoms with Crippen LogP contribution < -0.4 is 10.5 Å². The zero-order valence-corrected chi connectivity index (χ0v) is 12.7. The van der Waals surface area contributed by atoms with E-state index in [1.165, 1.54) is 0 Å². The summed E-state index contributed by atoms with van der Waals surface area (Å²) >= 11 is 11.2. The van der Waals surface area contributed by atoms with Crippen LogP contribution in [0.4, 0.5) is 0 Å². The maximum Gasteiger partial charge on any atom is 0.137 e. The molecule has 2 N–H and O–H groups in total. The number of nitrogens with two attached hydrogens (primary N) is 1. The molecule has 2 aromatic carbocycles. The van der Waals surface area contributed by atoms with Crippen molar-refractivity contribution in [2.45, 2.75) is 6.92 Å². The summed E-state index contributed by atoms with van der Waals surface area (Å²) in [7, 11) is 0. The van der Waals surface area contributed by atoms with E-state index in [1.807, 2.05) is 55.5 Å². The van der Waals surface area contributed by atoms with E-state index in [9.17, 15) is 0 Å². The van der Waals surface area contributed by atoms with Crippen LogP contribution in [0, 0.1) is 5.92 Å². The Bertz CT molecular complexity index is 601. The molecule has 4 heteroatoms. The van der Waals surface area contributed by atoms with Gasteiger partial charge >= 0.3 is 0 Å². The molecule has 104 valence electrons. The smallest absolute Gasteiger partial charge is 0.137 e. The van der Waals surface area contributed by atoms with E-state index in [4.69, 9.17) is 34.3 Å². The summed E-state index contributed by atoms with van der Waals surface area (Å²) in [5.74, 6) is 0.671. The molecule has 0 amide bonds. The van der Waals surface area contributed by atoms with Gasteiger partial charge in [0.15, 0.2) is 0 Å². The lowest BCUT2D eigenvalue weighted by atomic mass is 10.1. The van der Waals surface area contributed by atoms with E-state index in [1.54, 1.807) is 0 Å². The maximum atomic E-state index is 6.25. The maximum absolute atomic E-state index is 6.25. The van der Waals surface area contributed by atoms with E-state index >= 15 is 0 Å². The molecule has 1 atom stereocenters. The third kappa shape index (κ3) is 3.71. The van der Waals surface area contributed by atoms with Crippen LogP contribution in [0.5, 0.6) is 5.75 Å². The quantitative estimate of drug-likeness (QED) is 0.836. The summed E-state index contributed by atoms with van der Waals surface area (Å²) in [5, 5.41) is 0.585. The average Bonchev–Trinajstić information content (AvgIpc) is 2.46. The highest BCUT2D eigenvalue weighted by Crippen LogP contribution is 2.30. The van der Waals surface area contributed by atoms with Crippen LogP contribution in [0.2, 0.25) is 5.02 Å². The Morgan fingerprint density at radius 1 is 1.20 bits per heavy atom. The van der Waals surface area contributed by atoms with Gasteiger partial charge in [-0.25, -0.2) is 0 Å². The van der Waals surface area contributed by atoms with Gasteiger partial charge in [0.2, 0.25) is 0 Å². The summed E-state index contributed by atoms with van der Waals surface area (Å²) in [6.07, 6.45) is 0. The lowest BCUT2D eigenvalue weighted by Gasteiger charge is -2.13. The minimum Gasteiger partial charge on any atom is -0.491 e. The first-order chi connectivity index (χ1) is 9.58. The molecule has 0 aliphatic heterocycles. The molecule has 0 bridgehead atoms. The summed E-state index contributed by atoms with van der Waals surface area (Å²) < 4.78 is 5.65. The minimum atomic E-state index is 0.0230. The van der Waals surface area contributed by atoms with Gasteiger partial charge in [-0.1, -0.05) is 67.1 Å². The average molecular weight is 306 g/mol. The molecule has 0 aromatic heterocycles. The zero-order valence-electron chi connectivity index (χ0n) is 11.2. The topological polar surface area (TPSA) is 35.2 Å². The van der Waals surface area contributed by atoms with Gasteiger partial charge in [0, 0.05) is 5.92 Å². The number of thiocarbonyl (C=S) groups is 1. The Morgan fingerprint density at radius 2 is 1.90 bits per heavy atom. The fraction of sp³-hybridized carbons (Fsp3) is 0.188. The van der Waals surface area contributed by atoms with Gasteiger partial charge in [-0.3, -0.25) is 0 Å². The van der Waals surface area contributed by atoms with Gasteiger partial charge in [0.1, 0.15) is 5.75 Å². The molecule has 0 aliphatic carbocycles. The molecule has 0 saturated carbocycles. The fourth-order valence-corrected chi connectivity index (χ4v) is 2.03. The van der Waals surface area contributed by atoms with Crippen molar-refractivity contribution in [2.75, 3.05) is 6.61 Å². The first-order valence-electron chi connectivity index (χ1n) is 6.35. The molecule has 1 unspecified atom stereocenters.